The quantitative estimate of drug-likeness (QED) is 0.724. The van der Waals surface area contributed by atoms with Crippen LogP contribution in [0.25, 0.3) is 0 Å². The molecule has 1 aromatic rings. The minimum atomic E-state index is 0.349. The Morgan fingerprint density at radius 3 is 2.79 bits per heavy atom. The molecule has 19 heavy (non-hydrogen) atoms. The molecule has 1 saturated heterocycles. The zero-order chi connectivity index (χ0) is 13.2. The van der Waals surface area contributed by atoms with Gasteiger partial charge in [-0.05, 0) is 25.8 Å². The van der Waals surface area contributed by atoms with Crippen LogP contribution in [0, 0.1) is 5.92 Å². The molecule has 4 N–H and O–H groups in total. The molecular weight excluding hydrogens is 240 g/mol. The van der Waals surface area contributed by atoms with Crippen molar-refractivity contribution in [2.75, 3.05) is 42.6 Å². The van der Waals surface area contributed by atoms with E-state index in [0.717, 1.165) is 37.2 Å². The van der Waals surface area contributed by atoms with Gasteiger partial charge in [-0.3, -0.25) is 0 Å². The van der Waals surface area contributed by atoms with Crippen molar-refractivity contribution in [2.24, 2.45) is 5.92 Å². The Hall–Kier alpha value is -1.56. The zero-order valence-corrected chi connectivity index (χ0v) is 11.4. The molecule has 0 amide bonds. The van der Waals surface area contributed by atoms with Crippen LogP contribution < -0.4 is 21.3 Å². The number of nitrogens with zero attached hydrogens (tertiary/aromatic N) is 3. The summed E-state index contributed by atoms with van der Waals surface area (Å²) < 4.78 is 0. The normalized spacial score (nSPS) is 19.9. The Balaban J connectivity index is 1.62. The van der Waals surface area contributed by atoms with Crippen LogP contribution in [0.3, 0.4) is 0 Å². The Labute approximate surface area is 113 Å². The van der Waals surface area contributed by atoms with E-state index in [1.54, 1.807) is 0 Å². The average molecular weight is 262 g/mol. The number of nitrogen functional groups attached to an aromatic ring is 1. The van der Waals surface area contributed by atoms with E-state index in [4.69, 9.17) is 5.73 Å². The zero-order valence-electron chi connectivity index (χ0n) is 11.4. The molecule has 0 radical (unpaired) electrons. The third-order valence-electron chi connectivity index (χ3n) is 4.14. The van der Waals surface area contributed by atoms with Crippen molar-refractivity contribution < 1.29 is 0 Å². The van der Waals surface area contributed by atoms with Crippen LogP contribution in [0.1, 0.15) is 19.3 Å². The summed E-state index contributed by atoms with van der Waals surface area (Å²) in [5.41, 5.74) is 5.79. The minimum absolute atomic E-state index is 0.349. The van der Waals surface area contributed by atoms with Gasteiger partial charge in [0, 0.05) is 31.7 Å². The van der Waals surface area contributed by atoms with E-state index in [0.29, 0.717) is 12.0 Å². The van der Waals surface area contributed by atoms with E-state index in [1.807, 2.05) is 13.1 Å². The first-order chi connectivity index (χ1) is 9.24. The van der Waals surface area contributed by atoms with E-state index in [2.05, 4.69) is 25.5 Å². The van der Waals surface area contributed by atoms with Crippen molar-refractivity contribution in [3.8, 4) is 0 Å². The van der Waals surface area contributed by atoms with Crippen molar-refractivity contribution in [1.29, 1.82) is 0 Å². The molecule has 104 valence electrons. The molecule has 0 unspecified atom stereocenters. The van der Waals surface area contributed by atoms with Crippen molar-refractivity contribution >= 4 is 17.6 Å². The third-order valence-corrected chi connectivity index (χ3v) is 4.14. The molecule has 1 aliphatic carbocycles. The van der Waals surface area contributed by atoms with Crippen LogP contribution in [0.4, 0.5) is 17.6 Å². The predicted octanol–water partition coefficient (Wildman–Crippen LogP) is 0.679. The highest BCUT2D eigenvalue weighted by Crippen LogP contribution is 2.27. The molecule has 1 aromatic heterocycles. The van der Waals surface area contributed by atoms with Crippen molar-refractivity contribution in [1.82, 2.24) is 15.3 Å². The van der Waals surface area contributed by atoms with Crippen LogP contribution in [-0.4, -0.2) is 42.7 Å². The van der Waals surface area contributed by atoms with E-state index in [1.165, 1.54) is 19.3 Å². The van der Waals surface area contributed by atoms with Gasteiger partial charge in [0.1, 0.15) is 11.6 Å². The SMILES string of the molecule is CNC1CN(c2cc(NCC3CCC3)nc(N)n2)C1. The highest BCUT2D eigenvalue weighted by Gasteiger charge is 2.27. The molecule has 1 saturated carbocycles. The van der Waals surface area contributed by atoms with Gasteiger partial charge < -0.3 is 21.3 Å². The van der Waals surface area contributed by atoms with Crippen LogP contribution in [0.5, 0.6) is 0 Å². The molecule has 2 aliphatic rings. The lowest BCUT2D eigenvalue weighted by Gasteiger charge is -2.40. The largest absolute Gasteiger partial charge is 0.370 e. The lowest BCUT2D eigenvalue weighted by atomic mass is 9.85. The number of anilines is 3. The van der Waals surface area contributed by atoms with Gasteiger partial charge in [-0.15, -0.1) is 0 Å². The summed E-state index contributed by atoms with van der Waals surface area (Å²) in [6.07, 6.45) is 4.02. The summed E-state index contributed by atoms with van der Waals surface area (Å²) in [6.45, 7) is 2.96. The second kappa shape index (κ2) is 5.21. The average Bonchev–Trinajstić information content (AvgIpc) is 2.25. The molecular formula is C13H22N6. The van der Waals surface area contributed by atoms with Crippen molar-refractivity contribution in [3.05, 3.63) is 6.07 Å². The number of likely N-dealkylation sites (N-methyl/N-ethyl adjacent to an activating group) is 1. The monoisotopic (exact) mass is 262 g/mol. The number of aromatic nitrogens is 2. The lowest BCUT2D eigenvalue weighted by molar-refractivity contribution is 0.333. The van der Waals surface area contributed by atoms with Crippen molar-refractivity contribution in [2.45, 2.75) is 25.3 Å². The first-order valence-corrected chi connectivity index (χ1v) is 7.05. The number of nitrogens with one attached hydrogen (secondary N) is 2. The van der Waals surface area contributed by atoms with E-state index >= 15 is 0 Å². The molecule has 0 spiro atoms. The summed E-state index contributed by atoms with van der Waals surface area (Å²) in [7, 11) is 1.99. The fraction of sp³-hybridized carbons (Fsp3) is 0.692. The molecule has 6 heteroatoms. The topological polar surface area (TPSA) is 79.1 Å². The van der Waals surface area contributed by atoms with E-state index < -0.39 is 0 Å². The smallest absolute Gasteiger partial charge is 0.223 e. The van der Waals surface area contributed by atoms with E-state index in [-0.39, 0.29) is 0 Å². The predicted molar refractivity (Wildman–Crippen MR) is 77.3 cm³/mol. The molecule has 6 nitrogen and oxygen atoms in total. The first kappa shape index (κ1) is 12.5. The molecule has 2 heterocycles. The highest BCUT2D eigenvalue weighted by molar-refractivity contribution is 5.54. The third kappa shape index (κ3) is 2.73. The van der Waals surface area contributed by atoms with Crippen LogP contribution in [0.15, 0.2) is 6.07 Å². The molecule has 1 aliphatic heterocycles. The fourth-order valence-corrected chi connectivity index (χ4v) is 2.50. The van der Waals surface area contributed by atoms with Gasteiger partial charge in [0.2, 0.25) is 5.95 Å². The summed E-state index contributed by atoms with van der Waals surface area (Å²) >= 11 is 0. The maximum Gasteiger partial charge on any atom is 0.223 e. The molecule has 3 rings (SSSR count). The maximum absolute atomic E-state index is 5.79. The highest BCUT2D eigenvalue weighted by atomic mass is 15.3. The van der Waals surface area contributed by atoms with Gasteiger partial charge >= 0.3 is 0 Å². The lowest BCUT2D eigenvalue weighted by Crippen LogP contribution is -2.57. The number of hydrogen-bond donors (Lipinski definition) is 3. The molecule has 0 bridgehead atoms. The molecule has 0 atom stereocenters. The van der Waals surface area contributed by atoms with Gasteiger partial charge in [-0.2, -0.15) is 9.97 Å². The molecule has 0 aromatic carbocycles. The second-order valence-electron chi connectivity index (χ2n) is 5.54. The Morgan fingerprint density at radius 1 is 1.37 bits per heavy atom. The first-order valence-electron chi connectivity index (χ1n) is 7.05. The van der Waals surface area contributed by atoms with Gasteiger partial charge in [-0.1, -0.05) is 6.42 Å². The summed E-state index contributed by atoms with van der Waals surface area (Å²) in [6, 6.07) is 2.56. The van der Waals surface area contributed by atoms with Crippen LogP contribution >= 0.6 is 0 Å². The van der Waals surface area contributed by atoms with E-state index in [9.17, 15) is 0 Å². The summed E-state index contributed by atoms with van der Waals surface area (Å²) in [4.78, 5) is 10.8. The Bertz CT molecular complexity index is 439. The minimum Gasteiger partial charge on any atom is -0.370 e. The maximum atomic E-state index is 5.79. The van der Waals surface area contributed by atoms with Gasteiger partial charge in [0.05, 0.1) is 0 Å². The Kier molecular flexibility index (Phi) is 3.42. The van der Waals surface area contributed by atoms with Gasteiger partial charge in [-0.25, -0.2) is 0 Å². The fourth-order valence-electron chi connectivity index (χ4n) is 2.50. The van der Waals surface area contributed by atoms with Gasteiger partial charge in [0.25, 0.3) is 0 Å². The number of rotatable bonds is 5. The van der Waals surface area contributed by atoms with Gasteiger partial charge in [0.15, 0.2) is 0 Å². The summed E-state index contributed by atoms with van der Waals surface area (Å²) in [5.74, 6) is 2.93. The standard InChI is InChI=1S/C13H22N6/c1-15-10-7-19(8-10)12-5-11(17-13(14)18-12)16-6-9-3-2-4-9/h5,9-10,15H,2-4,6-8H2,1H3,(H3,14,16,17,18). The number of nitrogens with two attached hydrogens (primary N) is 1. The Morgan fingerprint density at radius 2 is 2.16 bits per heavy atom. The second-order valence-corrected chi connectivity index (χ2v) is 5.54. The molecule has 2 fully saturated rings. The van der Waals surface area contributed by atoms with Crippen LogP contribution in [-0.2, 0) is 0 Å². The number of hydrogen-bond acceptors (Lipinski definition) is 6. The van der Waals surface area contributed by atoms with Crippen LogP contribution in [0.2, 0.25) is 0 Å². The summed E-state index contributed by atoms with van der Waals surface area (Å²) in [5, 5.41) is 6.64. The van der Waals surface area contributed by atoms with Crippen molar-refractivity contribution in [3.63, 3.8) is 0 Å².